The number of phenolic OH excluding ortho intramolecular Hbond substituents is 1. The second-order valence-electron chi connectivity index (χ2n) is 18.7. The summed E-state index contributed by atoms with van der Waals surface area (Å²) in [6.07, 6.45) is 2.80. The molecule has 284 valence electrons. The first kappa shape index (κ1) is 38.6. The zero-order valence-corrected chi connectivity index (χ0v) is 32.4. The number of aliphatic hydroxyl groups excluding tert-OH is 3. The fourth-order valence-electron chi connectivity index (χ4n) is 12.8. The summed E-state index contributed by atoms with van der Waals surface area (Å²) in [5.41, 5.74) is 1.39. The van der Waals surface area contributed by atoms with Crippen molar-refractivity contribution in [1.82, 2.24) is 10.6 Å². The van der Waals surface area contributed by atoms with Crippen LogP contribution < -0.4 is 10.6 Å². The van der Waals surface area contributed by atoms with Gasteiger partial charge in [0.25, 0.3) is 0 Å². The Morgan fingerprint density at radius 3 is 2.31 bits per heavy atom. The number of ketones is 2. The number of allylic oxidation sites excluding steroid dienone is 2. The molecule has 3 saturated carbocycles. The second kappa shape index (κ2) is 13.3. The van der Waals surface area contributed by atoms with Gasteiger partial charge in [-0.15, -0.1) is 0 Å². The van der Waals surface area contributed by atoms with Gasteiger partial charge in [0, 0.05) is 48.9 Å². The Hall–Kier alpha value is -2.14. The number of epoxide rings is 1. The molecule has 4 fully saturated rings. The molecule has 1 heterocycles. The smallest absolute Gasteiger partial charge is 0.159 e. The standard InChI is InChI=1S/C42H64N2O7/c1-23(14-31(48)37-39(5,6)51-37)34-29-10-11-33-40(7)18-28(26-15-25(22-43-9)16-27(47)17-26)36(50)38(3,4)35(40)30(44-21-24(2)46)19-42(33,12-13-45)41(29,8)20-32(34)49/h15-17,23-24,28,30-31,33,35,37,43-48H,10-14,18-22H2,1-9H3/t23-,24+,28+,30+,31-,33-,35+,37-,40+,41+,42+/m1/s1. The van der Waals surface area contributed by atoms with E-state index in [-0.39, 0.29) is 64.8 Å². The van der Waals surface area contributed by atoms with Crippen molar-refractivity contribution >= 4 is 11.6 Å². The third-order valence-corrected chi connectivity index (χ3v) is 14.6. The van der Waals surface area contributed by atoms with E-state index in [9.17, 15) is 30.0 Å². The highest BCUT2D eigenvalue weighted by Crippen LogP contribution is 2.76. The van der Waals surface area contributed by atoms with Gasteiger partial charge >= 0.3 is 0 Å². The minimum Gasteiger partial charge on any atom is -0.508 e. The molecular weight excluding hydrogens is 644 g/mol. The average Bonchev–Trinajstić information content (AvgIpc) is 3.57. The summed E-state index contributed by atoms with van der Waals surface area (Å²) in [6, 6.07) is 5.41. The van der Waals surface area contributed by atoms with Crippen molar-refractivity contribution in [3.05, 3.63) is 40.5 Å². The maximum atomic E-state index is 14.8. The monoisotopic (exact) mass is 708 g/mol. The molecule has 6 N–H and O–H groups in total. The van der Waals surface area contributed by atoms with Gasteiger partial charge in [-0.3, -0.25) is 9.59 Å². The summed E-state index contributed by atoms with van der Waals surface area (Å²) in [5.74, 6) is -0.0310. The van der Waals surface area contributed by atoms with Gasteiger partial charge in [0.2, 0.25) is 0 Å². The fourth-order valence-corrected chi connectivity index (χ4v) is 12.8. The Bertz CT molecular complexity index is 1570. The number of ether oxygens (including phenoxy) is 1. The number of carbonyl (C=O) groups is 2. The maximum Gasteiger partial charge on any atom is 0.159 e. The number of fused-ring (bicyclic) bond motifs is 5. The molecule has 0 amide bonds. The zero-order valence-electron chi connectivity index (χ0n) is 32.4. The number of rotatable bonds is 12. The van der Waals surface area contributed by atoms with Gasteiger partial charge in [0.1, 0.15) is 17.6 Å². The minimum absolute atomic E-state index is 0.0131. The molecule has 4 aliphatic carbocycles. The highest BCUT2D eigenvalue weighted by atomic mass is 16.6. The topological polar surface area (TPSA) is 152 Å². The number of aromatic hydroxyl groups is 1. The lowest BCUT2D eigenvalue weighted by Crippen LogP contribution is -2.70. The molecule has 0 spiro atoms. The summed E-state index contributed by atoms with van der Waals surface area (Å²) < 4.78 is 5.76. The third-order valence-electron chi connectivity index (χ3n) is 14.6. The number of hydrogen-bond donors (Lipinski definition) is 6. The van der Waals surface area contributed by atoms with Crippen molar-refractivity contribution < 1.29 is 34.8 Å². The van der Waals surface area contributed by atoms with Crippen molar-refractivity contribution in [2.75, 3.05) is 20.2 Å². The minimum atomic E-state index is -0.731. The molecule has 1 saturated heterocycles. The SMILES string of the molecule is CNCc1cc(O)cc([C@@H]2C[C@@]3(C)[C@H]4CCC5=C([C@H](C)C[C@@H](O)[C@H]6OC6(C)C)C(=O)C[C@]5(C)[C@@]4(CCO)C[C@H](NC[C@H](C)O)[C@H]3C(C)(C)C2=O)c1. The van der Waals surface area contributed by atoms with Crippen LogP contribution in [0.15, 0.2) is 29.3 Å². The molecule has 51 heavy (non-hydrogen) atoms. The first-order valence-corrected chi connectivity index (χ1v) is 19.4. The van der Waals surface area contributed by atoms with Crippen molar-refractivity contribution in [3.8, 4) is 5.75 Å². The molecule has 0 aromatic heterocycles. The number of hydrogen-bond acceptors (Lipinski definition) is 9. The lowest BCUT2D eigenvalue weighted by molar-refractivity contribution is -0.203. The second-order valence-corrected chi connectivity index (χ2v) is 18.7. The van der Waals surface area contributed by atoms with Crippen LogP contribution in [0.25, 0.3) is 0 Å². The molecule has 5 aliphatic rings. The molecule has 11 atom stereocenters. The van der Waals surface area contributed by atoms with Gasteiger partial charge in [-0.2, -0.15) is 0 Å². The van der Waals surface area contributed by atoms with Crippen molar-refractivity contribution in [3.63, 3.8) is 0 Å². The van der Waals surface area contributed by atoms with Crippen LogP contribution in [0.4, 0.5) is 0 Å². The van der Waals surface area contributed by atoms with Crippen LogP contribution in [0.5, 0.6) is 5.75 Å². The Labute approximate surface area is 305 Å². The third kappa shape index (κ3) is 6.16. The van der Waals surface area contributed by atoms with E-state index in [1.165, 1.54) is 5.57 Å². The van der Waals surface area contributed by atoms with Crippen LogP contribution in [0.2, 0.25) is 0 Å². The van der Waals surface area contributed by atoms with Gasteiger partial charge in [-0.25, -0.2) is 0 Å². The predicted molar refractivity (Wildman–Crippen MR) is 197 cm³/mol. The summed E-state index contributed by atoms with van der Waals surface area (Å²) in [4.78, 5) is 29.1. The number of nitrogens with one attached hydrogen (secondary N) is 2. The Kier molecular flexibility index (Phi) is 10.1. The van der Waals surface area contributed by atoms with Gasteiger partial charge in [-0.05, 0) is 124 Å². The molecule has 0 unspecified atom stereocenters. The van der Waals surface area contributed by atoms with Crippen LogP contribution in [-0.4, -0.2) is 82.1 Å². The van der Waals surface area contributed by atoms with Gasteiger partial charge in [0.15, 0.2) is 5.78 Å². The highest BCUT2D eigenvalue weighted by Gasteiger charge is 2.72. The highest BCUT2D eigenvalue weighted by molar-refractivity contribution is 6.00. The van der Waals surface area contributed by atoms with Gasteiger partial charge < -0.3 is 35.8 Å². The van der Waals surface area contributed by atoms with Crippen molar-refractivity contribution in [1.29, 1.82) is 0 Å². The van der Waals surface area contributed by atoms with Crippen LogP contribution in [0.3, 0.4) is 0 Å². The van der Waals surface area contributed by atoms with Crippen LogP contribution in [-0.2, 0) is 20.9 Å². The van der Waals surface area contributed by atoms with Crippen molar-refractivity contribution in [2.45, 2.75) is 143 Å². The lowest BCUT2D eigenvalue weighted by Gasteiger charge is -2.71. The van der Waals surface area contributed by atoms with E-state index in [2.05, 4.69) is 51.3 Å². The molecule has 1 aliphatic heterocycles. The number of carbonyl (C=O) groups excluding carboxylic acids is 2. The molecule has 9 heteroatoms. The van der Waals surface area contributed by atoms with E-state index in [0.717, 1.165) is 29.5 Å². The van der Waals surface area contributed by atoms with E-state index >= 15 is 0 Å². The molecule has 1 aromatic carbocycles. The van der Waals surface area contributed by atoms with E-state index in [1.54, 1.807) is 19.1 Å². The molecular formula is C42H64N2O7. The largest absolute Gasteiger partial charge is 0.508 e. The molecule has 0 bridgehead atoms. The summed E-state index contributed by atoms with van der Waals surface area (Å²) >= 11 is 0. The van der Waals surface area contributed by atoms with E-state index in [0.29, 0.717) is 45.2 Å². The first-order chi connectivity index (χ1) is 23.8. The van der Waals surface area contributed by atoms with Gasteiger partial charge in [0.05, 0.1) is 17.8 Å². The quantitative estimate of drug-likeness (QED) is 0.162. The summed E-state index contributed by atoms with van der Waals surface area (Å²) in [6.45, 7) is 17.5. The lowest BCUT2D eigenvalue weighted by atomic mass is 9.33. The van der Waals surface area contributed by atoms with Crippen LogP contribution in [0.1, 0.15) is 117 Å². The molecule has 1 aromatic rings. The number of aliphatic hydroxyl groups is 3. The Morgan fingerprint density at radius 1 is 1.02 bits per heavy atom. The molecule has 0 radical (unpaired) electrons. The van der Waals surface area contributed by atoms with Gasteiger partial charge in [-0.1, -0.05) is 46.3 Å². The van der Waals surface area contributed by atoms with Crippen LogP contribution in [0, 0.1) is 39.4 Å². The van der Waals surface area contributed by atoms with E-state index in [4.69, 9.17) is 4.74 Å². The first-order valence-electron chi connectivity index (χ1n) is 19.4. The van der Waals surface area contributed by atoms with E-state index in [1.807, 2.05) is 20.9 Å². The molecule has 9 nitrogen and oxygen atoms in total. The maximum absolute atomic E-state index is 14.8. The summed E-state index contributed by atoms with van der Waals surface area (Å²) in [7, 11) is 1.87. The fraction of sp³-hybridized carbons (Fsp3) is 0.762. The molecule has 6 rings (SSSR count). The van der Waals surface area contributed by atoms with Crippen molar-refractivity contribution in [2.24, 2.45) is 39.4 Å². The average molecular weight is 709 g/mol. The van der Waals surface area contributed by atoms with E-state index < -0.39 is 34.4 Å². The summed E-state index contributed by atoms with van der Waals surface area (Å²) in [5, 5.41) is 50.3. The number of phenols is 1. The number of Topliss-reactive ketones (excluding diaryl/α,β-unsaturated/α-hetero) is 2. The predicted octanol–water partition coefficient (Wildman–Crippen LogP) is 5.18. The Balaban J connectivity index is 1.47. The normalized spacial score (nSPS) is 38.5. The zero-order chi connectivity index (χ0) is 37.5. The Morgan fingerprint density at radius 2 is 1.71 bits per heavy atom. The number of benzene rings is 1. The van der Waals surface area contributed by atoms with Crippen LogP contribution >= 0.6 is 0 Å².